The van der Waals surface area contributed by atoms with Crippen LogP contribution >= 0.6 is 12.0 Å². The zero-order chi connectivity index (χ0) is 22.4. The van der Waals surface area contributed by atoms with Gasteiger partial charge in [0.05, 0.1) is 6.61 Å². The lowest BCUT2D eigenvalue weighted by Gasteiger charge is -2.56. The maximum atomic E-state index is 13.9. The van der Waals surface area contributed by atoms with Crippen molar-refractivity contribution in [2.75, 3.05) is 13.2 Å². The molecule has 0 radical (unpaired) electrons. The molecule has 4 saturated carbocycles. The Labute approximate surface area is 170 Å². The van der Waals surface area contributed by atoms with E-state index in [1.807, 2.05) is 0 Å². The van der Waals surface area contributed by atoms with E-state index in [1.54, 1.807) is 0 Å². The fourth-order valence-electron chi connectivity index (χ4n) is 5.35. The third-order valence-corrected chi connectivity index (χ3v) is 6.62. The van der Waals surface area contributed by atoms with Gasteiger partial charge in [-0.05, 0) is 61.7 Å². The van der Waals surface area contributed by atoms with Gasteiger partial charge in [-0.25, -0.2) is 9.99 Å². The lowest BCUT2D eigenvalue weighted by molar-refractivity contribution is -0.463. The summed E-state index contributed by atoms with van der Waals surface area (Å²) in [4.78, 5) is 0. The zero-order valence-electron chi connectivity index (χ0n) is 15.4. The highest BCUT2D eigenvalue weighted by molar-refractivity contribution is 7.95. The summed E-state index contributed by atoms with van der Waals surface area (Å²) in [5.41, 5.74) is -0.407. The minimum absolute atomic E-state index is 0.244. The van der Waals surface area contributed by atoms with Gasteiger partial charge in [0.25, 0.3) is 0 Å². The molecule has 14 heteroatoms. The molecule has 0 aliphatic heterocycles. The third-order valence-electron chi connectivity index (χ3n) is 6.05. The number of halogens is 8. The van der Waals surface area contributed by atoms with Crippen LogP contribution in [0.5, 0.6) is 0 Å². The van der Waals surface area contributed by atoms with Gasteiger partial charge in [0.15, 0.2) is 0 Å². The number of ether oxygens (including phenoxy) is 2. The smallest absolute Gasteiger partial charge is 0.374 e. The van der Waals surface area contributed by atoms with Gasteiger partial charge in [-0.2, -0.15) is 35.1 Å². The molecule has 4 rings (SSSR count). The van der Waals surface area contributed by atoms with E-state index >= 15 is 0 Å². The number of hydrogen-bond donors (Lipinski definition) is 1. The van der Waals surface area contributed by atoms with Crippen LogP contribution in [0.2, 0.25) is 0 Å². The molecule has 0 unspecified atom stereocenters. The van der Waals surface area contributed by atoms with E-state index in [-0.39, 0.29) is 6.61 Å². The molecule has 0 aromatic rings. The third kappa shape index (κ3) is 4.82. The van der Waals surface area contributed by atoms with E-state index in [4.69, 9.17) is 9.99 Å². The molecular formula is C16H20F8O5S. The Morgan fingerprint density at radius 1 is 0.833 bits per heavy atom. The van der Waals surface area contributed by atoms with Crippen molar-refractivity contribution in [1.29, 1.82) is 0 Å². The van der Waals surface area contributed by atoms with Crippen LogP contribution in [-0.2, 0) is 18.8 Å². The summed E-state index contributed by atoms with van der Waals surface area (Å²) in [6, 6.07) is 0. The van der Waals surface area contributed by atoms with Crippen molar-refractivity contribution in [2.24, 2.45) is 23.2 Å². The monoisotopic (exact) mass is 476 g/mol. The highest BCUT2D eigenvalue weighted by Crippen LogP contribution is 2.60. The summed E-state index contributed by atoms with van der Waals surface area (Å²) in [5.74, 6) is -4.00. The minimum Gasteiger partial charge on any atom is -0.374 e. The van der Waals surface area contributed by atoms with E-state index in [9.17, 15) is 35.1 Å². The van der Waals surface area contributed by atoms with Crippen molar-refractivity contribution in [3.8, 4) is 0 Å². The van der Waals surface area contributed by atoms with Gasteiger partial charge in [0.1, 0.15) is 18.6 Å². The van der Waals surface area contributed by atoms with Gasteiger partial charge in [-0.3, -0.25) is 0 Å². The van der Waals surface area contributed by atoms with E-state index in [0.29, 0.717) is 17.8 Å². The number of alkyl halides is 8. The molecule has 4 bridgehead atoms. The van der Waals surface area contributed by atoms with Crippen molar-refractivity contribution in [2.45, 2.75) is 61.9 Å². The van der Waals surface area contributed by atoms with Crippen LogP contribution in [0.1, 0.15) is 38.5 Å². The summed E-state index contributed by atoms with van der Waals surface area (Å²) < 4.78 is 118. The molecule has 30 heavy (non-hydrogen) atoms. The maximum Gasteiger partial charge on any atom is 0.436 e. The van der Waals surface area contributed by atoms with Crippen molar-refractivity contribution in [3.63, 3.8) is 0 Å². The van der Waals surface area contributed by atoms with Crippen LogP contribution in [-0.4, -0.2) is 41.9 Å². The second-order valence-electron chi connectivity index (χ2n) is 8.49. The Balaban J connectivity index is 1.57. The fraction of sp³-hybridized carbons (Fsp3) is 1.00. The van der Waals surface area contributed by atoms with Crippen LogP contribution in [0, 0.1) is 23.2 Å². The summed E-state index contributed by atoms with van der Waals surface area (Å²) in [6.07, 6.45) is -6.75. The highest BCUT2D eigenvalue weighted by atomic mass is 32.2. The second-order valence-corrected chi connectivity index (χ2v) is 9.31. The van der Waals surface area contributed by atoms with Crippen molar-refractivity contribution < 1.29 is 59.2 Å². The molecule has 0 atom stereocenters. The van der Waals surface area contributed by atoms with Gasteiger partial charge in [-0.1, -0.05) is 5.04 Å². The van der Waals surface area contributed by atoms with Gasteiger partial charge < -0.3 is 4.74 Å². The lowest BCUT2D eigenvalue weighted by atomic mass is 9.50. The fourth-order valence-corrected chi connectivity index (χ4v) is 5.60. The first kappa shape index (κ1) is 24.2. The normalized spacial score (nSPS) is 32.1. The molecule has 0 saturated heterocycles. The Morgan fingerprint density at radius 2 is 1.33 bits per heavy atom. The number of hydrogen-bond acceptors (Lipinski definition) is 6. The van der Waals surface area contributed by atoms with E-state index in [0.717, 1.165) is 38.5 Å². The topological polar surface area (TPSA) is 57.2 Å². The van der Waals surface area contributed by atoms with Gasteiger partial charge >= 0.3 is 23.4 Å². The molecular weight excluding hydrogens is 456 g/mol. The summed E-state index contributed by atoms with van der Waals surface area (Å²) in [6.45, 7) is -2.22. The molecule has 0 aromatic carbocycles. The molecule has 176 valence electrons. The molecule has 1 N–H and O–H groups in total. The summed E-state index contributed by atoms with van der Waals surface area (Å²) in [5, 5.41) is 4.77. The van der Waals surface area contributed by atoms with E-state index < -0.39 is 47.5 Å². The van der Waals surface area contributed by atoms with Gasteiger partial charge in [0, 0.05) is 0 Å². The Bertz CT molecular complexity index is 585. The Hall–Kier alpha value is -0.410. The molecule has 0 heterocycles. The predicted molar refractivity (Wildman–Crippen MR) is 84.7 cm³/mol. The first-order chi connectivity index (χ1) is 13.7. The molecule has 0 aromatic heterocycles. The first-order valence-electron chi connectivity index (χ1n) is 9.16. The standard InChI is InChI=1S/C16H20F8O5S/c17-13(18,14(19,20)27-15(21,22)16(23,24)30-29-28-25)8-26-7-12-4-9-1-10(5-12)3-11(2-9)6-12/h9-11,25H,1-8H2. The van der Waals surface area contributed by atoms with E-state index in [1.165, 1.54) is 0 Å². The SMILES string of the molecule is OOOSC(F)(F)C(F)(F)OC(F)(F)C(F)(F)COCC12CC3CC(CC(C3)C1)C2. The van der Waals surface area contributed by atoms with Crippen LogP contribution in [0.3, 0.4) is 0 Å². The second kappa shape index (κ2) is 8.18. The van der Waals surface area contributed by atoms with Crippen LogP contribution in [0.25, 0.3) is 0 Å². The van der Waals surface area contributed by atoms with Crippen LogP contribution in [0.4, 0.5) is 35.1 Å². The zero-order valence-corrected chi connectivity index (χ0v) is 16.2. The Morgan fingerprint density at radius 3 is 1.80 bits per heavy atom. The Kier molecular flexibility index (Phi) is 6.61. The average Bonchev–Trinajstić information content (AvgIpc) is 2.57. The first-order valence-corrected chi connectivity index (χ1v) is 9.90. The summed E-state index contributed by atoms with van der Waals surface area (Å²) in [7, 11) is 0. The molecule has 4 fully saturated rings. The highest BCUT2D eigenvalue weighted by Gasteiger charge is 2.70. The van der Waals surface area contributed by atoms with E-state index in [2.05, 4.69) is 14.1 Å². The molecule has 5 nitrogen and oxygen atoms in total. The van der Waals surface area contributed by atoms with Crippen LogP contribution in [0.15, 0.2) is 0 Å². The maximum absolute atomic E-state index is 13.9. The molecule has 0 spiro atoms. The minimum atomic E-state index is -6.09. The number of rotatable bonds is 11. The van der Waals surface area contributed by atoms with Crippen molar-refractivity contribution in [1.82, 2.24) is 0 Å². The van der Waals surface area contributed by atoms with Gasteiger partial charge in [-0.15, -0.1) is 4.33 Å². The van der Waals surface area contributed by atoms with Crippen molar-refractivity contribution >= 4 is 12.0 Å². The predicted octanol–water partition coefficient (Wildman–Crippen LogP) is 5.72. The average molecular weight is 476 g/mol. The van der Waals surface area contributed by atoms with Crippen LogP contribution < -0.4 is 0 Å². The molecule has 4 aliphatic carbocycles. The lowest BCUT2D eigenvalue weighted by Crippen LogP contribution is -2.54. The largest absolute Gasteiger partial charge is 0.436 e. The molecule has 4 aliphatic rings. The molecule has 0 amide bonds. The van der Waals surface area contributed by atoms with Crippen molar-refractivity contribution in [3.05, 3.63) is 0 Å². The van der Waals surface area contributed by atoms with Gasteiger partial charge in [0.2, 0.25) is 0 Å². The quantitative estimate of drug-likeness (QED) is 0.178. The summed E-state index contributed by atoms with van der Waals surface area (Å²) >= 11 is -1.60.